The van der Waals surface area contributed by atoms with Crippen molar-refractivity contribution < 1.29 is 9.53 Å². The van der Waals surface area contributed by atoms with Gasteiger partial charge < -0.3 is 20.3 Å². The number of alkyl halides is 3. The van der Waals surface area contributed by atoms with Crippen LogP contribution < -0.4 is 10.6 Å². The molecule has 0 aliphatic carbocycles. The second kappa shape index (κ2) is 9.98. The van der Waals surface area contributed by atoms with Crippen molar-refractivity contribution in [3.05, 3.63) is 0 Å². The van der Waals surface area contributed by atoms with Gasteiger partial charge in [-0.25, -0.2) is 0 Å². The van der Waals surface area contributed by atoms with Gasteiger partial charge in [0.2, 0.25) is 9.70 Å². The molecular weight excluding hydrogens is 369 g/mol. The zero-order valence-electron chi connectivity index (χ0n) is 12.5. The van der Waals surface area contributed by atoms with E-state index in [-0.39, 0.29) is 5.91 Å². The first-order valence-corrected chi connectivity index (χ1v) is 8.88. The second-order valence-corrected chi connectivity index (χ2v) is 7.80. The van der Waals surface area contributed by atoms with E-state index in [2.05, 4.69) is 17.6 Å². The number of amides is 1. The van der Waals surface area contributed by atoms with Crippen molar-refractivity contribution >= 4 is 58.0 Å². The number of hydrogen-bond donors (Lipinski definition) is 2. The van der Waals surface area contributed by atoms with Gasteiger partial charge in [-0.1, -0.05) is 54.6 Å². The Kier molecular flexibility index (Phi) is 9.09. The molecule has 0 aromatic rings. The predicted molar refractivity (Wildman–Crippen MR) is 94.5 cm³/mol. The fourth-order valence-corrected chi connectivity index (χ4v) is 2.58. The van der Waals surface area contributed by atoms with Gasteiger partial charge in [-0.2, -0.15) is 0 Å². The number of ether oxygens (including phenoxy) is 1. The highest BCUT2D eigenvalue weighted by Crippen LogP contribution is 2.29. The number of morpholine rings is 1. The van der Waals surface area contributed by atoms with Crippen LogP contribution >= 0.6 is 47.0 Å². The molecule has 1 rings (SSSR count). The summed E-state index contributed by atoms with van der Waals surface area (Å²) < 4.78 is 3.57. The van der Waals surface area contributed by atoms with Gasteiger partial charge in [0.25, 0.3) is 0 Å². The first-order chi connectivity index (χ1) is 10.3. The standard InChI is InChI=1S/C13H22Cl3N3O2S/c1-2-3-4-5-10(20)17-11(13(14,15)16)18-12(22)19-6-8-21-9-7-19/h11H,2-9H2,1H3,(H,17,20)(H,18,22)/t11-/m0/s1. The monoisotopic (exact) mass is 389 g/mol. The molecule has 1 fully saturated rings. The molecule has 1 aliphatic rings. The molecule has 2 N–H and O–H groups in total. The summed E-state index contributed by atoms with van der Waals surface area (Å²) in [5.74, 6) is -0.165. The van der Waals surface area contributed by atoms with E-state index in [4.69, 9.17) is 51.8 Å². The SMILES string of the molecule is CCCCCC(=O)N[C@@H](NC(=S)N1CCOCC1)C(Cl)(Cl)Cl. The smallest absolute Gasteiger partial charge is 0.228 e. The van der Waals surface area contributed by atoms with Crippen molar-refractivity contribution in [1.29, 1.82) is 0 Å². The van der Waals surface area contributed by atoms with E-state index in [0.29, 0.717) is 37.8 Å². The van der Waals surface area contributed by atoms with Crippen LogP contribution in [0.3, 0.4) is 0 Å². The number of nitrogens with one attached hydrogen (secondary N) is 2. The van der Waals surface area contributed by atoms with Gasteiger partial charge in [-0.05, 0) is 18.6 Å². The Labute approximate surface area is 152 Å². The van der Waals surface area contributed by atoms with E-state index in [0.717, 1.165) is 19.3 Å². The maximum atomic E-state index is 11.9. The van der Waals surface area contributed by atoms with Crippen LogP contribution in [0.15, 0.2) is 0 Å². The molecule has 1 amide bonds. The lowest BCUT2D eigenvalue weighted by Crippen LogP contribution is -2.59. The maximum absolute atomic E-state index is 11.9. The van der Waals surface area contributed by atoms with Crippen LogP contribution in [0.2, 0.25) is 0 Å². The van der Waals surface area contributed by atoms with Crippen molar-refractivity contribution in [2.45, 2.75) is 42.6 Å². The van der Waals surface area contributed by atoms with Crippen molar-refractivity contribution in [3.8, 4) is 0 Å². The van der Waals surface area contributed by atoms with Crippen LogP contribution in [-0.2, 0) is 9.53 Å². The topological polar surface area (TPSA) is 53.6 Å². The zero-order chi connectivity index (χ0) is 16.6. The van der Waals surface area contributed by atoms with Gasteiger partial charge in [-0.15, -0.1) is 0 Å². The number of halogens is 3. The molecule has 1 aliphatic heterocycles. The second-order valence-electron chi connectivity index (χ2n) is 5.05. The Balaban J connectivity index is 2.53. The third kappa shape index (κ3) is 7.51. The van der Waals surface area contributed by atoms with Crippen LogP contribution in [0.4, 0.5) is 0 Å². The minimum absolute atomic E-state index is 0.165. The van der Waals surface area contributed by atoms with Gasteiger partial charge >= 0.3 is 0 Å². The molecule has 0 unspecified atom stereocenters. The van der Waals surface area contributed by atoms with Crippen molar-refractivity contribution in [2.75, 3.05) is 26.3 Å². The van der Waals surface area contributed by atoms with Crippen LogP contribution in [0.5, 0.6) is 0 Å². The highest BCUT2D eigenvalue weighted by Gasteiger charge is 2.35. The molecule has 1 saturated heterocycles. The molecule has 0 spiro atoms. The Morgan fingerprint density at radius 2 is 1.91 bits per heavy atom. The highest BCUT2D eigenvalue weighted by atomic mass is 35.6. The molecule has 22 heavy (non-hydrogen) atoms. The summed E-state index contributed by atoms with van der Waals surface area (Å²) in [5.41, 5.74) is 0. The molecule has 1 heterocycles. The zero-order valence-corrected chi connectivity index (χ0v) is 15.6. The Morgan fingerprint density at radius 1 is 1.27 bits per heavy atom. The molecule has 0 radical (unpaired) electrons. The Hall–Kier alpha value is -0.0100. The van der Waals surface area contributed by atoms with E-state index in [1.165, 1.54) is 0 Å². The van der Waals surface area contributed by atoms with Gasteiger partial charge in [0.15, 0.2) is 5.11 Å². The summed E-state index contributed by atoms with van der Waals surface area (Å²) in [6.45, 7) is 4.61. The van der Waals surface area contributed by atoms with E-state index in [1.807, 2.05) is 4.90 Å². The number of carbonyl (C=O) groups is 1. The van der Waals surface area contributed by atoms with Crippen LogP contribution in [-0.4, -0.2) is 52.2 Å². The minimum Gasteiger partial charge on any atom is -0.378 e. The molecule has 0 bridgehead atoms. The van der Waals surface area contributed by atoms with Gasteiger partial charge in [0, 0.05) is 19.5 Å². The lowest BCUT2D eigenvalue weighted by molar-refractivity contribution is -0.122. The fourth-order valence-electron chi connectivity index (χ4n) is 1.95. The van der Waals surface area contributed by atoms with E-state index >= 15 is 0 Å². The molecule has 5 nitrogen and oxygen atoms in total. The van der Waals surface area contributed by atoms with Crippen molar-refractivity contribution in [2.24, 2.45) is 0 Å². The lowest BCUT2D eigenvalue weighted by Gasteiger charge is -2.34. The van der Waals surface area contributed by atoms with Gasteiger partial charge in [0.05, 0.1) is 13.2 Å². The van der Waals surface area contributed by atoms with Crippen molar-refractivity contribution in [1.82, 2.24) is 15.5 Å². The first-order valence-electron chi connectivity index (χ1n) is 7.34. The largest absolute Gasteiger partial charge is 0.378 e. The molecule has 0 aromatic heterocycles. The summed E-state index contributed by atoms with van der Waals surface area (Å²) in [6, 6.07) is 0. The summed E-state index contributed by atoms with van der Waals surface area (Å²) >= 11 is 23.1. The Bertz CT molecular complexity index is 374. The normalized spacial score (nSPS) is 17.0. The van der Waals surface area contributed by atoms with Gasteiger partial charge in [0.1, 0.15) is 6.17 Å². The molecule has 128 valence electrons. The summed E-state index contributed by atoms with van der Waals surface area (Å²) in [5, 5.41) is 6.05. The molecule has 0 aromatic carbocycles. The van der Waals surface area contributed by atoms with Crippen molar-refractivity contribution in [3.63, 3.8) is 0 Å². The van der Waals surface area contributed by atoms with E-state index in [9.17, 15) is 4.79 Å². The molecular formula is C13H22Cl3N3O2S. The quantitative estimate of drug-likeness (QED) is 0.316. The van der Waals surface area contributed by atoms with Gasteiger partial charge in [-0.3, -0.25) is 4.79 Å². The first kappa shape index (κ1) is 20.0. The number of nitrogens with zero attached hydrogens (tertiary/aromatic N) is 1. The highest BCUT2D eigenvalue weighted by molar-refractivity contribution is 7.80. The molecule has 9 heteroatoms. The summed E-state index contributed by atoms with van der Waals surface area (Å²) in [4.78, 5) is 13.9. The predicted octanol–water partition coefficient (Wildman–Crippen LogP) is 2.59. The average Bonchev–Trinajstić information content (AvgIpc) is 2.46. The molecule has 1 atom stereocenters. The third-order valence-electron chi connectivity index (χ3n) is 3.21. The number of hydrogen-bond acceptors (Lipinski definition) is 3. The Morgan fingerprint density at radius 3 is 2.45 bits per heavy atom. The van der Waals surface area contributed by atoms with Crippen LogP contribution in [0.25, 0.3) is 0 Å². The lowest BCUT2D eigenvalue weighted by atomic mass is 10.2. The number of thiocarbonyl (C=S) groups is 1. The van der Waals surface area contributed by atoms with E-state index < -0.39 is 9.96 Å². The average molecular weight is 391 g/mol. The van der Waals surface area contributed by atoms with E-state index in [1.54, 1.807) is 0 Å². The number of rotatable bonds is 6. The van der Waals surface area contributed by atoms with Crippen LogP contribution in [0.1, 0.15) is 32.6 Å². The van der Waals surface area contributed by atoms with Crippen LogP contribution in [0, 0.1) is 0 Å². The molecule has 0 saturated carbocycles. The fraction of sp³-hybridized carbons (Fsp3) is 0.846. The third-order valence-corrected chi connectivity index (χ3v) is 4.24. The number of carbonyl (C=O) groups excluding carboxylic acids is 1. The summed E-state index contributed by atoms with van der Waals surface area (Å²) in [6.07, 6.45) is 2.37. The summed E-state index contributed by atoms with van der Waals surface area (Å²) in [7, 11) is 0. The maximum Gasteiger partial charge on any atom is 0.228 e. The minimum atomic E-state index is -1.70. The number of unbranched alkanes of at least 4 members (excludes halogenated alkanes) is 2.